The lowest BCUT2D eigenvalue weighted by Gasteiger charge is -2.17. The van der Waals surface area contributed by atoms with E-state index in [-0.39, 0.29) is 9.20 Å². The molecule has 19 heavy (non-hydrogen) atoms. The Hall–Kier alpha value is -1.13. The van der Waals surface area contributed by atoms with Gasteiger partial charge < -0.3 is 5.32 Å². The van der Waals surface area contributed by atoms with Crippen LogP contribution in [0.4, 0.5) is 13.2 Å². The Morgan fingerprint density at radius 1 is 1.47 bits per heavy atom. The number of hydrogen-bond acceptors (Lipinski definition) is 4. The molecule has 0 fully saturated rings. The summed E-state index contributed by atoms with van der Waals surface area (Å²) in [5, 5.41) is 6.64. The Morgan fingerprint density at radius 2 is 2.11 bits per heavy atom. The summed E-state index contributed by atoms with van der Waals surface area (Å²) in [5.41, 5.74) is 0. The molecule has 10 heteroatoms. The van der Waals surface area contributed by atoms with E-state index in [0.29, 0.717) is 13.1 Å². The zero-order chi connectivity index (χ0) is 14.7. The zero-order valence-corrected chi connectivity index (χ0v) is 11.3. The van der Waals surface area contributed by atoms with Gasteiger partial charge in [-0.05, 0) is 7.05 Å². The third-order valence-corrected chi connectivity index (χ3v) is 4.07. The standard InChI is InChI=1S/C9H15F3N4O2S/c1-13-3-4-16-6-8(5-14-16)19(17,18)15(2)7-9(10,11)12/h5-6,13H,3-4,7H2,1-2H3. The van der Waals surface area contributed by atoms with Crippen molar-refractivity contribution in [2.75, 3.05) is 27.2 Å². The number of aromatic nitrogens is 2. The van der Waals surface area contributed by atoms with Gasteiger partial charge in [0.05, 0.1) is 12.7 Å². The molecular weight excluding hydrogens is 285 g/mol. The van der Waals surface area contributed by atoms with E-state index >= 15 is 0 Å². The van der Waals surface area contributed by atoms with Crippen molar-refractivity contribution in [3.05, 3.63) is 12.4 Å². The number of alkyl halides is 3. The molecule has 1 rings (SSSR count). The van der Waals surface area contributed by atoms with Crippen LogP contribution in [0.1, 0.15) is 0 Å². The van der Waals surface area contributed by atoms with Crippen LogP contribution in [0.3, 0.4) is 0 Å². The first-order chi connectivity index (χ1) is 8.66. The van der Waals surface area contributed by atoms with E-state index in [2.05, 4.69) is 10.4 Å². The maximum atomic E-state index is 12.2. The predicted octanol–water partition coefficient (Wildman–Crippen LogP) is 0.285. The van der Waals surface area contributed by atoms with Crippen molar-refractivity contribution in [2.45, 2.75) is 17.6 Å². The number of sulfonamides is 1. The maximum absolute atomic E-state index is 12.2. The molecule has 0 bridgehead atoms. The molecule has 0 unspecified atom stereocenters. The van der Waals surface area contributed by atoms with Gasteiger partial charge in [0.2, 0.25) is 10.0 Å². The van der Waals surface area contributed by atoms with Gasteiger partial charge >= 0.3 is 6.18 Å². The number of nitrogens with zero attached hydrogens (tertiary/aromatic N) is 3. The summed E-state index contributed by atoms with van der Waals surface area (Å²) in [6, 6.07) is 0. The van der Waals surface area contributed by atoms with Crippen LogP contribution in [0.15, 0.2) is 17.3 Å². The first kappa shape index (κ1) is 15.9. The van der Waals surface area contributed by atoms with Gasteiger partial charge in [-0.2, -0.15) is 22.6 Å². The molecule has 0 amide bonds. The highest BCUT2D eigenvalue weighted by molar-refractivity contribution is 7.89. The quantitative estimate of drug-likeness (QED) is 0.820. The molecule has 0 spiro atoms. The van der Waals surface area contributed by atoms with Crippen molar-refractivity contribution in [3.8, 4) is 0 Å². The van der Waals surface area contributed by atoms with Crippen LogP contribution < -0.4 is 5.32 Å². The van der Waals surface area contributed by atoms with Crippen molar-refractivity contribution < 1.29 is 21.6 Å². The molecule has 0 aliphatic rings. The number of halogens is 3. The van der Waals surface area contributed by atoms with Gasteiger partial charge in [-0.3, -0.25) is 4.68 Å². The molecule has 1 aromatic rings. The molecule has 0 atom stereocenters. The van der Waals surface area contributed by atoms with Crippen LogP contribution >= 0.6 is 0 Å². The van der Waals surface area contributed by atoms with Crippen LogP contribution in [-0.2, 0) is 16.6 Å². The molecule has 0 saturated carbocycles. The van der Waals surface area contributed by atoms with Gasteiger partial charge in [0, 0.05) is 19.8 Å². The van der Waals surface area contributed by atoms with Gasteiger partial charge in [-0.1, -0.05) is 0 Å². The van der Waals surface area contributed by atoms with Crippen LogP contribution in [0.25, 0.3) is 0 Å². The first-order valence-electron chi connectivity index (χ1n) is 5.37. The first-order valence-corrected chi connectivity index (χ1v) is 6.81. The Morgan fingerprint density at radius 3 is 2.63 bits per heavy atom. The van der Waals surface area contributed by atoms with E-state index in [1.54, 1.807) is 7.05 Å². The van der Waals surface area contributed by atoms with Crippen molar-refractivity contribution in [1.29, 1.82) is 0 Å². The fourth-order valence-corrected chi connectivity index (χ4v) is 2.46. The highest BCUT2D eigenvalue weighted by Crippen LogP contribution is 2.20. The molecule has 110 valence electrons. The van der Waals surface area contributed by atoms with Crippen LogP contribution in [0.2, 0.25) is 0 Å². The van der Waals surface area contributed by atoms with Crippen molar-refractivity contribution in [3.63, 3.8) is 0 Å². The minimum absolute atomic E-state index is 0.254. The van der Waals surface area contributed by atoms with E-state index in [4.69, 9.17) is 0 Å². The molecule has 1 aromatic heterocycles. The predicted molar refractivity (Wildman–Crippen MR) is 62.0 cm³/mol. The lowest BCUT2D eigenvalue weighted by Crippen LogP contribution is -2.35. The van der Waals surface area contributed by atoms with Crippen LogP contribution in [0.5, 0.6) is 0 Å². The third kappa shape index (κ3) is 4.48. The minimum Gasteiger partial charge on any atom is -0.318 e. The van der Waals surface area contributed by atoms with Crippen LogP contribution in [0, 0.1) is 0 Å². The van der Waals surface area contributed by atoms with E-state index in [1.807, 2.05) is 0 Å². The van der Waals surface area contributed by atoms with Gasteiger partial charge in [0.1, 0.15) is 11.4 Å². The number of rotatable bonds is 6. The fraction of sp³-hybridized carbons (Fsp3) is 0.667. The number of nitrogens with one attached hydrogen (secondary N) is 1. The van der Waals surface area contributed by atoms with E-state index in [0.717, 1.165) is 13.2 Å². The third-order valence-electron chi connectivity index (χ3n) is 2.31. The number of hydrogen-bond donors (Lipinski definition) is 1. The maximum Gasteiger partial charge on any atom is 0.402 e. The molecule has 0 aliphatic heterocycles. The van der Waals surface area contributed by atoms with Crippen molar-refractivity contribution >= 4 is 10.0 Å². The molecule has 0 aromatic carbocycles. The van der Waals surface area contributed by atoms with Gasteiger partial charge in [0.15, 0.2) is 0 Å². The highest BCUT2D eigenvalue weighted by atomic mass is 32.2. The largest absolute Gasteiger partial charge is 0.402 e. The van der Waals surface area contributed by atoms with E-state index in [9.17, 15) is 21.6 Å². The molecule has 1 N–H and O–H groups in total. The summed E-state index contributed by atoms with van der Waals surface area (Å²) < 4.78 is 61.9. The normalized spacial score (nSPS) is 13.2. The van der Waals surface area contributed by atoms with E-state index in [1.165, 1.54) is 10.9 Å². The molecule has 0 radical (unpaired) electrons. The van der Waals surface area contributed by atoms with E-state index < -0.39 is 22.7 Å². The Kier molecular flexibility index (Phi) is 4.93. The Bertz CT molecular complexity index is 512. The number of likely N-dealkylation sites (N-methyl/N-ethyl adjacent to an activating group) is 1. The summed E-state index contributed by atoms with van der Waals surface area (Å²) in [4.78, 5) is -0.254. The fourth-order valence-electron chi connectivity index (χ4n) is 1.34. The average Bonchev–Trinajstić information content (AvgIpc) is 2.73. The summed E-state index contributed by atoms with van der Waals surface area (Å²) in [5.74, 6) is 0. The molecular formula is C9H15F3N4O2S. The zero-order valence-electron chi connectivity index (χ0n) is 10.5. The molecule has 6 nitrogen and oxygen atoms in total. The van der Waals surface area contributed by atoms with Gasteiger partial charge in [0.25, 0.3) is 0 Å². The molecule has 0 saturated heterocycles. The second-order valence-electron chi connectivity index (χ2n) is 3.92. The van der Waals surface area contributed by atoms with Crippen LogP contribution in [-0.4, -0.2) is 55.9 Å². The summed E-state index contributed by atoms with van der Waals surface area (Å²) in [6.07, 6.45) is -2.33. The topological polar surface area (TPSA) is 67.2 Å². The Balaban J connectivity index is 2.85. The molecule has 1 heterocycles. The van der Waals surface area contributed by atoms with Gasteiger partial charge in [-0.25, -0.2) is 8.42 Å². The SMILES string of the molecule is CNCCn1cc(S(=O)(=O)N(C)CC(F)(F)F)cn1. The summed E-state index contributed by atoms with van der Waals surface area (Å²) in [6.45, 7) is -0.536. The monoisotopic (exact) mass is 300 g/mol. The lowest BCUT2D eigenvalue weighted by atomic mass is 10.6. The average molecular weight is 300 g/mol. The minimum atomic E-state index is -4.58. The second-order valence-corrected chi connectivity index (χ2v) is 5.96. The summed E-state index contributed by atoms with van der Waals surface area (Å²) >= 11 is 0. The smallest absolute Gasteiger partial charge is 0.318 e. The van der Waals surface area contributed by atoms with Crippen molar-refractivity contribution in [2.24, 2.45) is 0 Å². The van der Waals surface area contributed by atoms with Gasteiger partial charge in [-0.15, -0.1) is 0 Å². The summed E-state index contributed by atoms with van der Waals surface area (Å²) in [7, 11) is -1.56. The molecule has 0 aliphatic carbocycles. The lowest BCUT2D eigenvalue weighted by molar-refractivity contribution is -0.134. The highest BCUT2D eigenvalue weighted by Gasteiger charge is 2.35. The second kappa shape index (κ2) is 5.88. The van der Waals surface area contributed by atoms with Crippen molar-refractivity contribution in [1.82, 2.24) is 19.4 Å². The Labute approximate surface area is 109 Å².